The van der Waals surface area contributed by atoms with Crippen molar-refractivity contribution in [2.45, 2.75) is 18.7 Å². The number of carbonyl (C=O) groups excluding carboxylic acids is 1. The van der Waals surface area contributed by atoms with Crippen molar-refractivity contribution in [3.8, 4) is 0 Å². The molecule has 1 aromatic rings. The quantitative estimate of drug-likeness (QED) is 0.685. The van der Waals surface area contributed by atoms with Crippen LogP contribution in [0.15, 0.2) is 29.2 Å². The number of sulfonamides is 1. The van der Waals surface area contributed by atoms with E-state index in [-0.39, 0.29) is 41.5 Å². The minimum Gasteiger partial charge on any atom is -0.326 e. The summed E-state index contributed by atoms with van der Waals surface area (Å²) < 4.78 is 27.3. The van der Waals surface area contributed by atoms with E-state index in [1.54, 1.807) is 24.3 Å². The molecule has 1 atom stereocenters. The predicted octanol–water partition coefficient (Wildman–Crippen LogP) is 1.65. The fourth-order valence-electron chi connectivity index (χ4n) is 3.30. The number of carbonyl (C=O) groups is 1. The molecule has 2 aliphatic heterocycles. The van der Waals surface area contributed by atoms with Gasteiger partial charge >= 0.3 is 0 Å². The fourth-order valence-corrected chi connectivity index (χ4v) is 4.77. The summed E-state index contributed by atoms with van der Waals surface area (Å²) in [6, 6.07) is 6.57. The van der Waals surface area contributed by atoms with Crippen LogP contribution in [0.25, 0.3) is 0 Å². The van der Waals surface area contributed by atoms with Gasteiger partial charge in [0.25, 0.3) is 0 Å². The molecule has 28 heavy (non-hydrogen) atoms. The molecule has 0 aromatic heterocycles. The van der Waals surface area contributed by atoms with Crippen LogP contribution in [0.3, 0.4) is 0 Å². The Morgan fingerprint density at radius 2 is 1.86 bits per heavy atom. The Morgan fingerprint density at radius 3 is 2.39 bits per heavy atom. The van der Waals surface area contributed by atoms with Crippen LogP contribution >= 0.6 is 24.8 Å². The van der Waals surface area contributed by atoms with Gasteiger partial charge in [-0.25, -0.2) is 8.42 Å². The number of likely N-dealkylation sites (N-methyl/N-ethyl adjacent to an activating group) is 1. The van der Waals surface area contributed by atoms with E-state index in [4.69, 9.17) is 0 Å². The zero-order valence-corrected chi connectivity index (χ0v) is 18.7. The van der Waals surface area contributed by atoms with Gasteiger partial charge in [0.2, 0.25) is 15.9 Å². The molecule has 0 bridgehead atoms. The largest absolute Gasteiger partial charge is 0.326 e. The highest BCUT2D eigenvalue weighted by molar-refractivity contribution is 7.89. The lowest BCUT2D eigenvalue weighted by Gasteiger charge is -2.33. The predicted molar refractivity (Wildman–Crippen MR) is 116 cm³/mol. The summed E-state index contributed by atoms with van der Waals surface area (Å²) in [7, 11) is -3.54. The third kappa shape index (κ3) is 5.58. The van der Waals surface area contributed by atoms with Crippen molar-refractivity contribution in [1.82, 2.24) is 14.5 Å². The SMILES string of the molecule is CCN1CCN(S(=O)(=O)c2cccc(NC(=O)C(C)C3CNC3)c2)CC1.Cl.Cl. The highest BCUT2D eigenvalue weighted by Crippen LogP contribution is 2.23. The number of hydrogen-bond donors (Lipinski definition) is 2. The van der Waals surface area contributed by atoms with Crippen molar-refractivity contribution < 1.29 is 13.2 Å². The molecule has 2 saturated heterocycles. The second-order valence-electron chi connectivity index (χ2n) is 7.06. The molecule has 10 heteroatoms. The molecule has 2 heterocycles. The van der Waals surface area contributed by atoms with Gasteiger partial charge in [0.15, 0.2) is 0 Å². The third-order valence-electron chi connectivity index (χ3n) is 5.45. The van der Waals surface area contributed by atoms with Crippen LogP contribution in [-0.4, -0.2) is 69.3 Å². The van der Waals surface area contributed by atoms with Crippen molar-refractivity contribution >= 4 is 46.4 Å². The van der Waals surface area contributed by atoms with E-state index in [0.29, 0.717) is 24.7 Å². The molecule has 1 amide bonds. The van der Waals surface area contributed by atoms with Crippen LogP contribution in [0.2, 0.25) is 0 Å². The van der Waals surface area contributed by atoms with Gasteiger partial charge in [-0.1, -0.05) is 19.9 Å². The Bertz CT molecular complexity index is 751. The number of piperazine rings is 1. The molecule has 0 spiro atoms. The van der Waals surface area contributed by atoms with Gasteiger partial charge in [0.05, 0.1) is 4.90 Å². The monoisotopic (exact) mass is 452 g/mol. The molecule has 0 aliphatic carbocycles. The maximum Gasteiger partial charge on any atom is 0.243 e. The summed E-state index contributed by atoms with van der Waals surface area (Å²) in [6.45, 7) is 9.13. The molecule has 3 rings (SSSR count). The number of nitrogens with zero attached hydrogens (tertiary/aromatic N) is 2. The lowest BCUT2D eigenvalue weighted by molar-refractivity contribution is -0.121. The first-order valence-corrected chi connectivity index (χ1v) is 10.7. The molecule has 2 aliphatic rings. The van der Waals surface area contributed by atoms with E-state index in [2.05, 4.69) is 22.5 Å². The third-order valence-corrected chi connectivity index (χ3v) is 7.35. The van der Waals surface area contributed by atoms with Crippen molar-refractivity contribution in [2.75, 3.05) is 51.1 Å². The first-order chi connectivity index (χ1) is 12.4. The zero-order chi connectivity index (χ0) is 18.7. The van der Waals surface area contributed by atoms with Gasteiger partial charge in [-0.05, 0) is 43.8 Å². The standard InChI is InChI=1S/C18H28N4O3S.2ClH/c1-3-21-7-9-22(10-8-21)26(24,25)17-6-4-5-16(11-17)20-18(23)14(2)15-12-19-13-15;;/h4-6,11,14-15,19H,3,7-10,12-13H2,1-2H3,(H,20,23);2*1H. The van der Waals surface area contributed by atoms with Crippen molar-refractivity contribution in [3.05, 3.63) is 24.3 Å². The number of amides is 1. The Kier molecular flexibility index (Phi) is 9.66. The van der Waals surface area contributed by atoms with Crippen molar-refractivity contribution in [2.24, 2.45) is 11.8 Å². The smallest absolute Gasteiger partial charge is 0.243 e. The van der Waals surface area contributed by atoms with Gasteiger partial charge in [0, 0.05) is 37.8 Å². The van der Waals surface area contributed by atoms with E-state index >= 15 is 0 Å². The second kappa shape index (κ2) is 10.8. The van der Waals surface area contributed by atoms with Crippen LogP contribution < -0.4 is 10.6 Å². The maximum absolute atomic E-state index is 12.9. The van der Waals surface area contributed by atoms with Crippen LogP contribution in [0, 0.1) is 11.8 Å². The Morgan fingerprint density at radius 1 is 1.21 bits per heavy atom. The molecule has 2 fully saturated rings. The van der Waals surface area contributed by atoms with E-state index in [9.17, 15) is 13.2 Å². The lowest BCUT2D eigenvalue weighted by Crippen LogP contribution is -2.48. The minimum atomic E-state index is -3.54. The van der Waals surface area contributed by atoms with Crippen molar-refractivity contribution in [3.63, 3.8) is 0 Å². The highest BCUT2D eigenvalue weighted by atomic mass is 35.5. The molecular formula is C18H30Cl2N4O3S. The minimum absolute atomic E-state index is 0. The van der Waals surface area contributed by atoms with E-state index in [1.807, 2.05) is 6.92 Å². The average Bonchev–Trinajstić information content (AvgIpc) is 2.60. The van der Waals surface area contributed by atoms with Gasteiger partial charge in [0.1, 0.15) is 0 Å². The molecule has 7 nitrogen and oxygen atoms in total. The number of benzene rings is 1. The fraction of sp³-hybridized carbons (Fsp3) is 0.611. The number of nitrogens with one attached hydrogen (secondary N) is 2. The Balaban J connectivity index is 0.00000196. The van der Waals surface area contributed by atoms with Crippen molar-refractivity contribution in [1.29, 1.82) is 0 Å². The first-order valence-electron chi connectivity index (χ1n) is 9.26. The van der Waals surface area contributed by atoms with Crippen LogP contribution in [0.4, 0.5) is 5.69 Å². The van der Waals surface area contributed by atoms with Crippen LogP contribution in [0.1, 0.15) is 13.8 Å². The Labute approximate surface area is 180 Å². The summed E-state index contributed by atoms with van der Waals surface area (Å²) >= 11 is 0. The van der Waals surface area contributed by atoms with Crippen LogP contribution in [0.5, 0.6) is 0 Å². The zero-order valence-electron chi connectivity index (χ0n) is 16.3. The van der Waals surface area contributed by atoms with E-state index < -0.39 is 10.0 Å². The summed E-state index contributed by atoms with van der Waals surface area (Å²) in [5.74, 6) is 0.179. The second-order valence-corrected chi connectivity index (χ2v) is 9.00. The van der Waals surface area contributed by atoms with E-state index in [1.165, 1.54) is 4.31 Å². The molecule has 1 aromatic carbocycles. The maximum atomic E-state index is 12.9. The number of hydrogen-bond acceptors (Lipinski definition) is 5. The molecule has 160 valence electrons. The molecule has 2 N–H and O–H groups in total. The molecule has 1 unspecified atom stereocenters. The number of halogens is 2. The number of rotatable bonds is 6. The highest BCUT2D eigenvalue weighted by Gasteiger charge is 2.30. The van der Waals surface area contributed by atoms with Gasteiger partial charge in [-0.3, -0.25) is 4.79 Å². The van der Waals surface area contributed by atoms with E-state index in [0.717, 1.165) is 32.7 Å². The molecular weight excluding hydrogens is 423 g/mol. The Hall–Kier alpha value is -0.900. The van der Waals surface area contributed by atoms with Gasteiger partial charge < -0.3 is 15.5 Å². The topological polar surface area (TPSA) is 81.8 Å². The molecule has 0 saturated carbocycles. The van der Waals surface area contributed by atoms with Crippen LogP contribution in [-0.2, 0) is 14.8 Å². The first kappa shape index (κ1) is 25.1. The normalized spacial score (nSPS) is 19.6. The summed E-state index contributed by atoms with van der Waals surface area (Å²) in [5.41, 5.74) is 0.530. The van der Waals surface area contributed by atoms with Gasteiger partial charge in [-0.15, -0.1) is 24.8 Å². The average molecular weight is 453 g/mol. The summed E-state index contributed by atoms with van der Waals surface area (Å²) in [6.07, 6.45) is 0. The molecule has 0 radical (unpaired) electrons. The lowest BCUT2D eigenvalue weighted by atomic mass is 9.88. The number of anilines is 1. The van der Waals surface area contributed by atoms with Gasteiger partial charge in [-0.2, -0.15) is 4.31 Å². The summed E-state index contributed by atoms with van der Waals surface area (Å²) in [4.78, 5) is 14.8. The summed E-state index contributed by atoms with van der Waals surface area (Å²) in [5, 5.41) is 6.03.